The molecule has 0 saturated heterocycles. The van der Waals surface area contributed by atoms with E-state index in [1.54, 1.807) is 0 Å². The normalized spacial score (nSPS) is 9.40. The van der Waals surface area contributed by atoms with Crippen molar-refractivity contribution >= 4 is 17.9 Å². The minimum atomic E-state index is -2.97. The number of carbonyl (C=O) groups is 3. The van der Waals surface area contributed by atoms with Gasteiger partial charge in [-0.25, -0.2) is 0 Å². The van der Waals surface area contributed by atoms with Crippen molar-refractivity contribution in [2.24, 2.45) is 0 Å². The molecule has 0 aromatic rings. The largest absolute Gasteiger partial charge is 4.00 e. The Morgan fingerprint density at radius 3 is 1.40 bits per heavy atom. The summed E-state index contributed by atoms with van der Waals surface area (Å²) in [5.41, 5.74) is -2.97. The third kappa shape index (κ3) is 7.85. The molecule has 0 aliphatic carbocycles. The topological polar surface area (TPSA) is 141 Å². The monoisotopic (exact) mass is 327 g/mol. The van der Waals surface area contributed by atoms with Crippen molar-refractivity contribution in [3.8, 4) is 0 Å². The van der Waals surface area contributed by atoms with Gasteiger partial charge >= 0.3 is 47.9 Å². The molecule has 0 spiro atoms. The van der Waals surface area contributed by atoms with Crippen LogP contribution in [-0.4, -0.2) is 28.6 Å². The van der Waals surface area contributed by atoms with Crippen LogP contribution < -0.4 is 15.3 Å². The second kappa shape index (κ2) is 8.16. The molecular weight excluding hydrogens is 323 g/mol. The van der Waals surface area contributed by atoms with Crippen LogP contribution in [0.3, 0.4) is 0 Å². The predicted molar refractivity (Wildman–Crippen MR) is 29.2 cm³/mol. The quantitative estimate of drug-likeness (QED) is 0.497. The van der Waals surface area contributed by atoms with Crippen molar-refractivity contribution in [2.75, 3.05) is 0 Å². The maximum Gasteiger partial charge on any atom is 4.00 e. The van der Waals surface area contributed by atoms with Crippen LogP contribution in [0.25, 0.3) is 0 Å². The van der Waals surface area contributed by atoms with Crippen LogP contribution in [0.5, 0.6) is 0 Å². The average Bonchev–Trinajstić information content (AvgIpc) is 1.82. The first-order valence-corrected chi connectivity index (χ1v) is 3.11. The number of carbonyl (C=O) groups excluding carboxylic acids is 3. The Kier molecular flexibility index (Phi) is 11.1. The van der Waals surface area contributed by atoms with Gasteiger partial charge in [-0.05, 0) is 0 Å². The smallest absolute Gasteiger partial charge is 0.550 e. The van der Waals surface area contributed by atoms with Gasteiger partial charge in [0, 0.05) is 24.8 Å². The number of aliphatic carboxylic acids is 3. The van der Waals surface area contributed by atoms with Crippen LogP contribution in [0.1, 0.15) is 12.8 Å². The second-order valence-corrected chi connectivity index (χ2v) is 2.42. The van der Waals surface area contributed by atoms with E-state index in [2.05, 4.69) is 0 Å². The van der Waals surface area contributed by atoms with Gasteiger partial charge in [0.25, 0.3) is 0 Å². The maximum atomic E-state index is 10.1. The van der Waals surface area contributed by atoms with E-state index in [-0.39, 0.29) is 47.9 Å². The molecule has 7 nitrogen and oxygen atoms in total. The van der Waals surface area contributed by atoms with Crippen LogP contribution in [-0.2, 0) is 62.3 Å². The summed E-state index contributed by atoms with van der Waals surface area (Å²) >= 11 is 0. The molecular formula is C6H5O7TiZr+5. The van der Waals surface area contributed by atoms with Crippen molar-refractivity contribution < 1.29 is 82.7 Å². The van der Waals surface area contributed by atoms with Gasteiger partial charge in [-0.3, -0.25) is 0 Å². The van der Waals surface area contributed by atoms with E-state index >= 15 is 0 Å². The number of hydrogen-bond donors (Lipinski definition) is 1. The van der Waals surface area contributed by atoms with Gasteiger partial charge in [-0.1, -0.05) is 0 Å². The zero-order chi connectivity index (χ0) is 10.6. The van der Waals surface area contributed by atoms with Crippen LogP contribution in [0.4, 0.5) is 0 Å². The van der Waals surface area contributed by atoms with E-state index in [0.717, 1.165) is 0 Å². The summed E-state index contributed by atoms with van der Waals surface area (Å²) in [5.74, 6) is -5.98. The van der Waals surface area contributed by atoms with E-state index in [1.807, 2.05) is 0 Å². The molecule has 0 unspecified atom stereocenters. The van der Waals surface area contributed by atoms with Crippen LogP contribution in [0.2, 0.25) is 0 Å². The molecule has 0 amide bonds. The fourth-order valence-corrected chi connectivity index (χ4v) is 0.684. The molecule has 0 heterocycles. The number of aliphatic hydroxyl groups is 1. The number of carboxylic acids is 3. The number of rotatable bonds is 5. The first kappa shape index (κ1) is 20.4. The SMILES string of the molecule is O=C([O-])CC(O)(CC(=O)[O-])C(=O)[O-].[Ti+4].[Zr+4]. The Balaban J connectivity index is -0.000000720. The van der Waals surface area contributed by atoms with Gasteiger partial charge in [0.15, 0.2) is 0 Å². The van der Waals surface area contributed by atoms with E-state index in [9.17, 15) is 29.7 Å². The van der Waals surface area contributed by atoms with Crippen molar-refractivity contribution in [3.05, 3.63) is 0 Å². The number of hydrogen-bond acceptors (Lipinski definition) is 7. The summed E-state index contributed by atoms with van der Waals surface area (Å²) in [7, 11) is 0. The first-order valence-electron chi connectivity index (χ1n) is 3.11. The zero-order valence-electron chi connectivity index (χ0n) is 7.31. The van der Waals surface area contributed by atoms with Crippen LogP contribution in [0, 0.1) is 0 Å². The van der Waals surface area contributed by atoms with Gasteiger partial charge in [0.1, 0.15) is 5.60 Å². The first-order chi connectivity index (χ1) is 5.78. The Morgan fingerprint density at radius 2 is 1.27 bits per heavy atom. The van der Waals surface area contributed by atoms with E-state index in [1.165, 1.54) is 0 Å². The maximum absolute atomic E-state index is 10.1. The molecule has 0 saturated carbocycles. The molecule has 1 N–H and O–H groups in total. The molecule has 0 atom stereocenters. The summed E-state index contributed by atoms with van der Waals surface area (Å²) in [4.78, 5) is 30.0. The summed E-state index contributed by atoms with van der Waals surface area (Å²) in [6.45, 7) is 0. The molecule has 0 aliphatic rings. The molecule has 74 valence electrons. The predicted octanol–water partition coefficient (Wildman–Crippen LogP) is -5.26. The molecule has 0 rings (SSSR count). The standard InChI is InChI=1S/C6H8O7.Ti.Zr/c7-3(8)1-6(13,5(11)12)2-4(9)10;;/h13H,1-2H2,(H,7,8)(H,9,10)(H,11,12);;/q;2*+4/p-3. The Labute approximate surface area is 118 Å². The van der Waals surface area contributed by atoms with Gasteiger partial charge < -0.3 is 34.8 Å². The molecule has 0 radical (unpaired) electrons. The van der Waals surface area contributed by atoms with Crippen molar-refractivity contribution in [1.29, 1.82) is 0 Å². The average molecular weight is 328 g/mol. The Morgan fingerprint density at radius 1 is 1.00 bits per heavy atom. The van der Waals surface area contributed by atoms with E-state index in [4.69, 9.17) is 5.11 Å². The van der Waals surface area contributed by atoms with E-state index < -0.39 is 36.4 Å². The fourth-order valence-electron chi connectivity index (χ4n) is 0.684. The third-order valence-electron chi connectivity index (χ3n) is 1.25. The van der Waals surface area contributed by atoms with Gasteiger partial charge in [-0.2, -0.15) is 0 Å². The second-order valence-electron chi connectivity index (χ2n) is 2.42. The number of carboxylic acid groups (broad SMARTS) is 3. The molecule has 9 heteroatoms. The summed E-state index contributed by atoms with van der Waals surface area (Å²) < 4.78 is 0. The minimum Gasteiger partial charge on any atom is -0.550 e. The molecule has 0 bridgehead atoms. The molecule has 0 aromatic carbocycles. The van der Waals surface area contributed by atoms with Gasteiger partial charge in [0.05, 0.1) is 5.97 Å². The third-order valence-corrected chi connectivity index (χ3v) is 1.25. The Bertz CT molecular complexity index is 238. The van der Waals surface area contributed by atoms with Gasteiger partial charge in [-0.15, -0.1) is 0 Å². The van der Waals surface area contributed by atoms with Crippen molar-refractivity contribution in [3.63, 3.8) is 0 Å². The van der Waals surface area contributed by atoms with Crippen LogP contribution >= 0.6 is 0 Å². The zero-order valence-corrected chi connectivity index (χ0v) is 11.3. The van der Waals surface area contributed by atoms with Crippen molar-refractivity contribution in [2.45, 2.75) is 18.4 Å². The van der Waals surface area contributed by atoms with Crippen molar-refractivity contribution in [1.82, 2.24) is 0 Å². The summed E-state index contributed by atoms with van der Waals surface area (Å²) in [6.07, 6.45) is -2.72. The molecule has 0 aromatic heterocycles. The minimum absolute atomic E-state index is 0. The molecule has 0 fully saturated rings. The van der Waals surface area contributed by atoms with Crippen LogP contribution in [0.15, 0.2) is 0 Å². The molecule has 0 aliphatic heterocycles. The van der Waals surface area contributed by atoms with Gasteiger partial charge in [0.2, 0.25) is 0 Å². The molecule has 15 heavy (non-hydrogen) atoms. The fraction of sp³-hybridized carbons (Fsp3) is 0.500. The van der Waals surface area contributed by atoms with E-state index in [0.29, 0.717) is 0 Å². The Hall–Kier alpha value is -0.0326. The summed E-state index contributed by atoms with van der Waals surface area (Å²) in [6, 6.07) is 0. The summed E-state index contributed by atoms with van der Waals surface area (Å²) in [5, 5.41) is 38.9.